The normalized spacial score (nSPS) is 23.8. The number of piperidine rings is 1. The molecule has 2 aliphatic heterocycles. The second kappa shape index (κ2) is 6.62. The number of fused-ring (bicyclic) bond motifs is 2. The van der Waals surface area contributed by atoms with Crippen LogP contribution in [0.2, 0.25) is 0 Å². The van der Waals surface area contributed by atoms with Gasteiger partial charge in [-0.3, -0.25) is 4.79 Å². The van der Waals surface area contributed by atoms with E-state index in [4.69, 9.17) is 5.73 Å². The zero-order valence-corrected chi connectivity index (χ0v) is 17.0. The van der Waals surface area contributed by atoms with Gasteiger partial charge in [-0.05, 0) is 59.7 Å². The van der Waals surface area contributed by atoms with Gasteiger partial charge in [-0.25, -0.2) is 4.98 Å². The highest BCUT2D eigenvalue weighted by atomic mass is 19.1. The molecule has 156 valence electrons. The highest BCUT2D eigenvalue weighted by Gasteiger charge is 2.57. The minimum atomic E-state index is -0.573. The number of anilines is 1. The van der Waals surface area contributed by atoms with Crippen molar-refractivity contribution in [1.82, 2.24) is 15.6 Å². The number of carbonyl (C=O) groups is 1. The van der Waals surface area contributed by atoms with Crippen LogP contribution in [-0.2, 0) is 11.8 Å². The Bertz CT molecular complexity index is 1220. The summed E-state index contributed by atoms with van der Waals surface area (Å²) in [6.45, 7) is 2.72. The monoisotopic (exact) mass is 414 g/mol. The van der Waals surface area contributed by atoms with Crippen LogP contribution in [0.4, 0.5) is 10.2 Å². The Morgan fingerprint density at radius 3 is 2.58 bits per heavy atom. The van der Waals surface area contributed by atoms with Gasteiger partial charge in [-0.1, -0.05) is 36.4 Å². The smallest absolute Gasteiger partial charge is 0.251 e. The van der Waals surface area contributed by atoms with Crippen LogP contribution in [0.15, 0.2) is 48.5 Å². The first-order valence-corrected chi connectivity index (χ1v) is 10.7. The molecule has 0 radical (unpaired) electrons. The number of nitrogens with one attached hydrogen (secondary N) is 2. The van der Waals surface area contributed by atoms with E-state index in [9.17, 15) is 9.18 Å². The molecule has 1 aliphatic carbocycles. The minimum Gasteiger partial charge on any atom is -0.383 e. The van der Waals surface area contributed by atoms with E-state index in [1.807, 2.05) is 24.3 Å². The number of amides is 1. The number of aromatic nitrogens is 1. The molecule has 4 N–H and O–H groups in total. The molecule has 31 heavy (non-hydrogen) atoms. The van der Waals surface area contributed by atoms with Crippen LogP contribution >= 0.6 is 0 Å². The molecule has 1 saturated carbocycles. The first-order valence-electron chi connectivity index (χ1n) is 10.7. The maximum Gasteiger partial charge on any atom is 0.251 e. The molecule has 5 nitrogen and oxygen atoms in total. The zero-order valence-electron chi connectivity index (χ0n) is 17.0. The molecule has 6 heteroatoms. The summed E-state index contributed by atoms with van der Waals surface area (Å²) < 4.78 is 14.8. The van der Waals surface area contributed by atoms with Crippen LogP contribution in [0.1, 0.15) is 27.9 Å². The quantitative estimate of drug-likeness (QED) is 0.575. The molecular weight excluding hydrogens is 391 g/mol. The third-order valence-electron chi connectivity index (χ3n) is 7.18. The third-order valence-corrected chi connectivity index (χ3v) is 7.18. The van der Waals surface area contributed by atoms with Gasteiger partial charge in [0.2, 0.25) is 5.95 Å². The summed E-state index contributed by atoms with van der Waals surface area (Å²) in [6, 6.07) is 15.6. The predicted octanol–water partition coefficient (Wildman–Crippen LogP) is 3.28. The Morgan fingerprint density at radius 1 is 1.03 bits per heavy atom. The molecule has 0 bridgehead atoms. The number of hydrogen-bond donors (Lipinski definition) is 3. The number of benzene rings is 2. The first-order chi connectivity index (χ1) is 15.0. The van der Waals surface area contributed by atoms with Crippen molar-refractivity contribution in [3.05, 3.63) is 71.2 Å². The molecule has 2 aromatic carbocycles. The zero-order chi connectivity index (χ0) is 21.2. The minimum absolute atomic E-state index is 0.0615. The van der Waals surface area contributed by atoms with Crippen LogP contribution < -0.4 is 16.4 Å². The number of carbonyl (C=O) groups excluding carboxylic acids is 1. The van der Waals surface area contributed by atoms with Crippen molar-refractivity contribution in [1.29, 1.82) is 0 Å². The number of pyridine rings is 1. The van der Waals surface area contributed by atoms with Crippen LogP contribution in [0.3, 0.4) is 0 Å². The van der Waals surface area contributed by atoms with Gasteiger partial charge in [0.15, 0.2) is 0 Å². The van der Waals surface area contributed by atoms with Crippen molar-refractivity contribution < 1.29 is 9.18 Å². The Kier molecular flexibility index (Phi) is 3.96. The maximum atomic E-state index is 14.8. The lowest BCUT2D eigenvalue weighted by Crippen LogP contribution is -2.31. The lowest BCUT2D eigenvalue weighted by Gasteiger charge is -2.18. The molecule has 3 aromatic rings. The maximum absolute atomic E-state index is 14.8. The lowest BCUT2D eigenvalue weighted by atomic mass is 9.92. The van der Waals surface area contributed by atoms with E-state index in [1.54, 1.807) is 12.1 Å². The number of nitrogen functional groups attached to an aromatic ring is 1. The molecular formula is C25H23FN4O. The fraction of sp³-hybridized carbons (Fsp3) is 0.280. The molecule has 1 saturated heterocycles. The van der Waals surface area contributed by atoms with Crippen LogP contribution in [0.25, 0.3) is 22.3 Å². The average Bonchev–Trinajstić information content (AvgIpc) is 3.34. The molecule has 1 amide bonds. The highest BCUT2D eigenvalue weighted by Crippen LogP contribution is 2.56. The van der Waals surface area contributed by atoms with Gasteiger partial charge in [0.05, 0.1) is 0 Å². The second-order valence-corrected chi connectivity index (χ2v) is 8.90. The van der Waals surface area contributed by atoms with Crippen molar-refractivity contribution in [3.63, 3.8) is 0 Å². The third kappa shape index (κ3) is 2.86. The van der Waals surface area contributed by atoms with Crippen molar-refractivity contribution in [3.8, 4) is 22.3 Å². The predicted molar refractivity (Wildman–Crippen MR) is 118 cm³/mol. The standard InChI is InChI=1S/C25H23FN4O/c26-22-20(14-1-4-17(5-2-14)25-11-18(25)12-28-13-25)10-21(23(27)30-22)15-3-6-19-16(9-15)7-8-29-24(19)31/h1-6,9-10,18,28H,7-8,11-13H2,(H2,27,30)(H,29,31)/t18-,25+/m1/s1. The fourth-order valence-electron chi connectivity index (χ4n) is 5.30. The van der Waals surface area contributed by atoms with Gasteiger partial charge >= 0.3 is 0 Å². The summed E-state index contributed by atoms with van der Waals surface area (Å²) >= 11 is 0. The van der Waals surface area contributed by atoms with Crippen molar-refractivity contribution >= 4 is 11.7 Å². The van der Waals surface area contributed by atoms with Gasteiger partial charge in [-0.2, -0.15) is 4.39 Å². The Labute approximate surface area is 179 Å². The number of halogens is 1. The van der Waals surface area contributed by atoms with E-state index < -0.39 is 5.95 Å². The molecule has 1 aromatic heterocycles. The molecule has 6 rings (SSSR count). The van der Waals surface area contributed by atoms with E-state index in [1.165, 1.54) is 12.0 Å². The fourth-order valence-corrected chi connectivity index (χ4v) is 5.30. The molecule has 2 atom stereocenters. The molecule has 2 fully saturated rings. The number of hydrogen-bond acceptors (Lipinski definition) is 4. The second-order valence-electron chi connectivity index (χ2n) is 8.90. The van der Waals surface area contributed by atoms with E-state index in [0.717, 1.165) is 42.1 Å². The molecule has 0 spiro atoms. The highest BCUT2D eigenvalue weighted by molar-refractivity contribution is 5.97. The Balaban J connectivity index is 1.38. The van der Waals surface area contributed by atoms with Gasteiger partial charge in [0.1, 0.15) is 5.82 Å². The number of nitrogens with zero attached hydrogens (tertiary/aromatic N) is 1. The van der Waals surface area contributed by atoms with E-state index in [2.05, 4.69) is 27.8 Å². The van der Waals surface area contributed by atoms with Gasteiger partial charge < -0.3 is 16.4 Å². The summed E-state index contributed by atoms with van der Waals surface area (Å²) in [6.07, 6.45) is 1.99. The van der Waals surface area contributed by atoms with E-state index >= 15 is 0 Å². The van der Waals surface area contributed by atoms with Crippen LogP contribution in [0, 0.1) is 11.9 Å². The van der Waals surface area contributed by atoms with Gasteiger partial charge in [0.25, 0.3) is 5.91 Å². The van der Waals surface area contributed by atoms with Crippen molar-refractivity contribution in [2.75, 3.05) is 25.4 Å². The summed E-state index contributed by atoms with van der Waals surface area (Å²) in [7, 11) is 0. The topological polar surface area (TPSA) is 80.0 Å². The average molecular weight is 414 g/mol. The van der Waals surface area contributed by atoms with Crippen molar-refractivity contribution in [2.45, 2.75) is 18.3 Å². The van der Waals surface area contributed by atoms with Crippen molar-refractivity contribution in [2.24, 2.45) is 5.92 Å². The molecule has 3 heterocycles. The largest absolute Gasteiger partial charge is 0.383 e. The SMILES string of the molecule is Nc1nc(F)c(-c2ccc([C@]34CNC[C@H]3C4)cc2)cc1-c1ccc2c(c1)CCNC2=O. The van der Waals surface area contributed by atoms with E-state index in [-0.39, 0.29) is 17.1 Å². The number of rotatable bonds is 3. The Morgan fingerprint density at radius 2 is 1.84 bits per heavy atom. The summed E-state index contributed by atoms with van der Waals surface area (Å²) in [5.74, 6) is 0.241. The van der Waals surface area contributed by atoms with Gasteiger partial charge in [-0.15, -0.1) is 0 Å². The van der Waals surface area contributed by atoms with Gasteiger partial charge in [0, 0.05) is 35.2 Å². The number of nitrogens with two attached hydrogens (primary N) is 1. The van der Waals surface area contributed by atoms with E-state index in [0.29, 0.717) is 23.2 Å². The Hall–Kier alpha value is -3.25. The first kappa shape index (κ1) is 18.5. The van der Waals surface area contributed by atoms with Crippen LogP contribution in [0.5, 0.6) is 0 Å². The summed E-state index contributed by atoms with van der Waals surface area (Å²) in [5.41, 5.74) is 12.1. The lowest BCUT2D eigenvalue weighted by molar-refractivity contribution is 0.0946. The summed E-state index contributed by atoms with van der Waals surface area (Å²) in [5, 5.41) is 6.31. The summed E-state index contributed by atoms with van der Waals surface area (Å²) in [4.78, 5) is 16.0. The molecule has 0 unspecified atom stereocenters. The molecule has 3 aliphatic rings. The van der Waals surface area contributed by atoms with Crippen LogP contribution in [-0.4, -0.2) is 30.5 Å².